The molecule has 2 N–H and O–H groups in total. The van der Waals surface area contributed by atoms with E-state index in [1.54, 1.807) is 0 Å². The number of hydrogen-bond acceptors (Lipinski definition) is 5. The van der Waals surface area contributed by atoms with E-state index in [1.165, 1.54) is 17.4 Å². The number of aliphatic carboxylic acids is 1. The van der Waals surface area contributed by atoms with Crippen LogP contribution in [0.1, 0.15) is 4.88 Å². The van der Waals surface area contributed by atoms with Gasteiger partial charge in [-0.2, -0.15) is 0 Å². The molecule has 3 heterocycles. The highest BCUT2D eigenvalue weighted by molar-refractivity contribution is 7.86. The molecule has 2 unspecified atom stereocenters. The Balaban J connectivity index is 1.70. The highest BCUT2D eigenvalue weighted by atomic mass is 32.2. The van der Waals surface area contributed by atoms with Gasteiger partial charge in [0.25, 0.3) is 5.91 Å². The van der Waals surface area contributed by atoms with Gasteiger partial charge in [-0.25, -0.2) is 4.79 Å². The number of nitrogens with zero attached hydrogens (tertiary/aromatic N) is 1. The summed E-state index contributed by atoms with van der Waals surface area (Å²) >= 11 is 1.43. The summed E-state index contributed by atoms with van der Waals surface area (Å²) in [6, 6.07) is 2.71. The summed E-state index contributed by atoms with van der Waals surface area (Å²) in [7, 11) is -1.42. The van der Waals surface area contributed by atoms with Crippen LogP contribution in [-0.2, 0) is 31.6 Å². The average molecular weight is 340 g/mol. The van der Waals surface area contributed by atoms with Gasteiger partial charge in [-0.05, 0) is 17.5 Å². The molecule has 2 aliphatic rings. The third-order valence-corrected chi connectivity index (χ3v) is 5.86. The Kier molecular flexibility index (Phi) is 3.83. The highest BCUT2D eigenvalue weighted by Crippen LogP contribution is 2.31. The summed E-state index contributed by atoms with van der Waals surface area (Å²) in [6.07, 6.45) is 1.42. The molecule has 0 bridgehead atoms. The van der Waals surface area contributed by atoms with E-state index in [2.05, 4.69) is 5.32 Å². The quantitative estimate of drug-likeness (QED) is 0.731. The zero-order valence-electron chi connectivity index (χ0n) is 11.2. The predicted octanol–water partition coefficient (Wildman–Crippen LogP) is -0.325. The summed E-state index contributed by atoms with van der Waals surface area (Å²) < 4.78 is 12.0. The minimum atomic E-state index is -1.42. The summed E-state index contributed by atoms with van der Waals surface area (Å²) in [6.45, 7) is 0. The van der Waals surface area contributed by atoms with Crippen molar-refractivity contribution in [3.05, 3.63) is 34.2 Å². The van der Waals surface area contributed by atoms with Crippen LogP contribution in [0.5, 0.6) is 0 Å². The van der Waals surface area contributed by atoms with Crippen LogP contribution in [0.4, 0.5) is 0 Å². The minimum Gasteiger partial charge on any atom is -0.477 e. The number of fused-ring (bicyclic) bond motifs is 1. The molecule has 1 saturated heterocycles. The molecule has 9 heteroatoms. The van der Waals surface area contributed by atoms with Crippen LogP contribution < -0.4 is 5.32 Å². The lowest BCUT2D eigenvalue weighted by Crippen LogP contribution is -2.73. The Morgan fingerprint density at radius 3 is 2.91 bits per heavy atom. The number of nitrogens with one attached hydrogen (secondary N) is 1. The van der Waals surface area contributed by atoms with Crippen LogP contribution >= 0.6 is 11.3 Å². The molecule has 3 rings (SSSR count). The minimum absolute atomic E-state index is 0.0629. The van der Waals surface area contributed by atoms with Gasteiger partial charge in [0.15, 0.2) is 0 Å². The van der Waals surface area contributed by atoms with Gasteiger partial charge in [-0.1, -0.05) is 6.07 Å². The zero-order chi connectivity index (χ0) is 15.9. The Morgan fingerprint density at radius 2 is 2.27 bits per heavy atom. The fourth-order valence-electron chi connectivity index (χ4n) is 2.47. The molecule has 3 atom stereocenters. The molecule has 1 aromatic rings. The molecule has 1 fully saturated rings. The predicted molar refractivity (Wildman–Crippen MR) is 79.3 cm³/mol. The number of rotatable bonds is 4. The number of amides is 2. The number of carbonyl (C=O) groups is 3. The first-order chi connectivity index (χ1) is 10.5. The van der Waals surface area contributed by atoms with E-state index in [0.717, 1.165) is 9.78 Å². The van der Waals surface area contributed by atoms with Crippen LogP contribution in [0.2, 0.25) is 0 Å². The number of hydrogen-bond donors (Lipinski definition) is 2. The molecular weight excluding hydrogens is 328 g/mol. The second kappa shape index (κ2) is 5.65. The van der Waals surface area contributed by atoms with Crippen molar-refractivity contribution in [2.45, 2.75) is 17.8 Å². The van der Waals surface area contributed by atoms with E-state index in [1.807, 2.05) is 17.5 Å². The maximum Gasteiger partial charge on any atom is 0.352 e. The van der Waals surface area contributed by atoms with Gasteiger partial charge in [-0.15, -0.1) is 11.3 Å². The average Bonchev–Trinajstić information content (AvgIpc) is 2.97. The first kappa shape index (κ1) is 14.9. The molecule has 1 aromatic heterocycles. The molecule has 22 heavy (non-hydrogen) atoms. The van der Waals surface area contributed by atoms with Gasteiger partial charge in [0.2, 0.25) is 5.91 Å². The van der Waals surface area contributed by atoms with E-state index >= 15 is 0 Å². The molecule has 7 nitrogen and oxygen atoms in total. The molecule has 0 aromatic carbocycles. The molecule has 0 radical (unpaired) electrons. The van der Waals surface area contributed by atoms with E-state index in [0.29, 0.717) is 0 Å². The molecule has 0 spiro atoms. The SMILES string of the molecule is O=C(Cc1cccs1)NC1C(=O)N2C(C(=O)O)=CCS(=O)[C@@H]12. The van der Waals surface area contributed by atoms with Crippen molar-refractivity contribution in [1.29, 1.82) is 0 Å². The van der Waals surface area contributed by atoms with E-state index in [9.17, 15) is 18.6 Å². The van der Waals surface area contributed by atoms with Crippen molar-refractivity contribution in [2.75, 3.05) is 5.75 Å². The van der Waals surface area contributed by atoms with Gasteiger partial charge < -0.3 is 10.4 Å². The van der Waals surface area contributed by atoms with Crippen molar-refractivity contribution >= 4 is 39.9 Å². The normalized spacial score (nSPS) is 26.7. The fraction of sp³-hybridized carbons (Fsp3) is 0.308. The zero-order valence-corrected chi connectivity index (χ0v) is 12.9. The third kappa shape index (κ3) is 2.46. The molecule has 2 amide bonds. The summed E-state index contributed by atoms with van der Waals surface area (Å²) in [5.41, 5.74) is -0.168. The van der Waals surface area contributed by atoms with Gasteiger partial charge in [-0.3, -0.25) is 18.7 Å². The number of carbonyl (C=O) groups excluding carboxylic acids is 2. The third-order valence-electron chi connectivity index (χ3n) is 3.46. The maximum absolute atomic E-state index is 12.1. The van der Waals surface area contributed by atoms with Gasteiger partial charge in [0, 0.05) is 10.6 Å². The Bertz CT molecular complexity index is 697. The van der Waals surface area contributed by atoms with Gasteiger partial charge >= 0.3 is 5.97 Å². The van der Waals surface area contributed by atoms with E-state index in [-0.39, 0.29) is 23.8 Å². The summed E-state index contributed by atoms with van der Waals surface area (Å²) in [4.78, 5) is 37.0. The van der Waals surface area contributed by atoms with Gasteiger partial charge in [0.05, 0.1) is 17.2 Å². The van der Waals surface area contributed by atoms with Crippen LogP contribution in [0.15, 0.2) is 29.3 Å². The van der Waals surface area contributed by atoms with Crippen LogP contribution in [0.25, 0.3) is 0 Å². The summed E-state index contributed by atoms with van der Waals surface area (Å²) in [5.74, 6) is -2.05. The van der Waals surface area contributed by atoms with Crippen molar-refractivity contribution in [3.63, 3.8) is 0 Å². The summed E-state index contributed by atoms with van der Waals surface area (Å²) in [5, 5.41) is 12.7. The smallest absolute Gasteiger partial charge is 0.352 e. The number of β-lactam (4-membered cyclic amide) rings is 1. The Hall–Kier alpha value is -2.00. The topological polar surface area (TPSA) is 104 Å². The number of carboxylic acids is 1. The second-order valence-corrected chi connectivity index (χ2v) is 7.45. The largest absolute Gasteiger partial charge is 0.477 e. The van der Waals surface area contributed by atoms with Crippen molar-refractivity contribution in [3.8, 4) is 0 Å². The van der Waals surface area contributed by atoms with Crippen LogP contribution in [0, 0.1) is 0 Å². The monoisotopic (exact) mass is 340 g/mol. The maximum atomic E-state index is 12.1. The van der Waals surface area contributed by atoms with Crippen LogP contribution in [0.3, 0.4) is 0 Å². The Labute approximate surface area is 132 Å². The fourth-order valence-corrected chi connectivity index (χ4v) is 4.63. The van der Waals surface area contributed by atoms with Gasteiger partial charge in [0.1, 0.15) is 17.1 Å². The standard InChI is InChI=1S/C13H12N2O5S2/c16-9(6-7-2-1-4-21-7)14-10-11(17)15-8(13(18)19)3-5-22(20)12(10)15/h1-4,10,12H,5-6H2,(H,14,16)(H,18,19)/t10?,12-,22?/m0/s1. The first-order valence-electron chi connectivity index (χ1n) is 6.44. The second-order valence-electron chi connectivity index (χ2n) is 4.84. The van der Waals surface area contributed by atoms with E-state index < -0.39 is 34.1 Å². The lowest BCUT2D eigenvalue weighted by molar-refractivity contribution is -0.150. The lowest BCUT2D eigenvalue weighted by Gasteiger charge is -2.47. The lowest BCUT2D eigenvalue weighted by atomic mass is 10.0. The number of thiophene rings is 1. The molecular formula is C13H12N2O5S2. The molecule has 2 aliphatic heterocycles. The Morgan fingerprint density at radius 1 is 1.50 bits per heavy atom. The highest BCUT2D eigenvalue weighted by Gasteiger charge is 2.55. The van der Waals surface area contributed by atoms with E-state index in [4.69, 9.17) is 5.11 Å². The first-order valence-corrected chi connectivity index (χ1v) is 8.70. The molecule has 0 aliphatic carbocycles. The molecule has 0 saturated carbocycles. The van der Waals surface area contributed by atoms with Crippen molar-refractivity contribution < 1.29 is 23.7 Å². The molecule has 116 valence electrons. The number of carboxylic acid groups (broad SMARTS) is 1. The van der Waals surface area contributed by atoms with Crippen molar-refractivity contribution in [1.82, 2.24) is 10.2 Å². The van der Waals surface area contributed by atoms with Crippen molar-refractivity contribution in [2.24, 2.45) is 0 Å². The van der Waals surface area contributed by atoms with Crippen LogP contribution in [-0.4, -0.2) is 49.2 Å².